The lowest BCUT2D eigenvalue weighted by atomic mass is 10.1. The summed E-state index contributed by atoms with van der Waals surface area (Å²) in [5.74, 6) is 0. The van der Waals surface area contributed by atoms with Gasteiger partial charge in [0.2, 0.25) is 6.08 Å². The number of nitrogens with zero attached hydrogens (tertiary/aromatic N) is 3. The SMILES string of the molecule is O=C=NC1CCN(S(=O)(=O)N2CCCCC2)CC1. The number of carbonyl (C=O) groups excluding carboxylic acids is 1. The smallest absolute Gasteiger partial charge is 0.211 e. The van der Waals surface area contributed by atoms with Crippen LogP contribution < -0.4 is 0 Å². The van der Waals surface area contributed by atoms with Crippen molar-refractivity contribution in [2.75, 3.05) is 26.2 Å². The Balaban J connectivity index is 1.97. The van der Waals surface area contributed by atoms with Crippen molar-refractivity contribution < 1.29 is 13.2 Å². The third-order valence-electron chi connectivity index (χ3n) is 3.63. The minimum atomic E-state index is -3.30. The van der Waals surface area contributed by atoms with E-state index in [1.165, 1.54) is 4.31 Å². The lowest BCUT2D eigenvalue weighted by Gasteiger charge is -2.35. The van der Waals surface area contributed by atoms with Crippen LogP contribution in [0.5, 0.6) is 0 Å². The molecule has 18 heavy (non-hydrogen) atoms. The molecule has 6 nitrogen and oxygen atoms in total. The molecule has 2 rings (SSSR count). The highest BCUT2D eigenvalue weighted by atomic mass is 32.2. The normalized spacial score (nSPS) is 24.7. The van der Waals surface area contributed by atoms with Crippen molar-refractivity contribution in [3.05, 3.63) is 0 Å². The molecule has 102 valence electrons. The van der Waals surface area contributed by atoms with E-state index in [9.17, 15) is 13.2 Å². The number of aliphatic imine (C=N–C) groups is 1. The van der Waals surface area contributed by atoms with Gasteiger partial charge in [-0.05, 0) is 25.7 Å². The number of hydrogen-bond acceptors (Lipinski definition) is 4. The van der Waals surface area contributed by atoms with Crippen LogP contribution in [-0.2, 0) is 15.0 Å². The molecule has 7 heteroatoms. The maximum atomic E-state index is 12.3. The van der Waals surface area contributed by atoms with Crippen LogP contribution in [-0.4, -0.2) is 55.3 Å². The zero-order chi connectivity index (χ0) is 13.0. The van der Waals surface area contributed by atoms with Crippen LogP contribution in [0.15, 0.2) is 4.99 Å². The summed E-state index contributed by atoms with van der Waals surface area (Å²) >= 11 is 0. The molecule has 0 spiro atoms. The summed E-state index contributed by atoms with van der Waals surface area (Å²) in [6, 6.07) is -0.0599. The third-order valence-corrected chi connectivity index (χ3v) is 5.66. The monoisotopic (exact) mass is 273 g/mol. The highest BCUT2D eigenvalue weighted by Gasteiger charge is 2.33. The number of piperidine rings is 2. The van der Waals surface area contributed by atoms with Crippen molar-refractivity contribution in [2.24, 2.45) is 4.99 Å². The van der Waals surface area contributed by atoms with E-state index < -0.39 is 10.2 Å². The molecular formula is C11H19N3O3S. The van der Waals surface area contributed by atoms with Gasteiger partial charge in [0.1, 0.15) is 0 Å². The molecule has 0 aromatic heterocycles. The Morgan fingerprint density at radius 2 is 1.50 bits per heavy atom. The van der Waals surface area contributed by atoms with E-state index in [-0.39, 0.29) is 6.04 Å². The van der Waals surface area contributed by atoms with Gasteiger partial charge in [0.15, 0.2) is 0 Å². The first-order chi connectivity index (χ1) is 8.64. The summed E-state index contributed by atoms with van der Waals surface area (Å²) in [6.07, 6.45) is 5.79. The van der Waals surface area contributed by atoms with Crippen molar-refractivity contribution in [2.45, 2.75) is 38.1 Å². The van der Waals surface area contributed by atoms with Gasteiger partial charge in [-0.1, -0.05) is 6.42 Å². The summed E-state index contributed by atoms with van der Waals surface area (Å²) in [5.41, 5.74) is 0. The van der Waals surface area contributed by atoms with E-state index in [1.807, 2.05) is 0 Å². The first-order valence-corrected chi connectivity index (χ1v) is 7.86. The maximum absolute atomic E-state index is 12.3. The Hall–Kier alpha value is -0.750. The van der Waals surface area contributed by atoms with Crippen LogP contribution in [0.1, 0.15) is 32.1 Å². The first-order valence-electron chi connectivity index (χ1n) is 6.47. The molecule has 0 aromatic carbocycles. The molecule has 2 saturated heterocycles. The number of hydrogen-bond donors (Lipinski definition) is 0. The van der Waals surface area contributed by atoms with Gasteiger partial charge in [-0.25, -0.2) is 9.79 Å². The first kappa shape index (κ1) is 13.7. The average molecular weight is 273 g/mol. The fourth-order valence-electron chi connectivity index (χ4n) is 2.54. The Labute approximate surface area is 108 Å². The largest absolute Gasteiger partial charge is 0.281 e. The molecule has 2 aliphatic heterocycles. The van der Waals surface area contributed by atoms with Crippen LogP contribution in [0.2, 0.25) is 0 Å². The second kappa shape index (κ2) is 5.93. The Morgan fingerprint density at radius 1 is 0.944 bits per heavy atom. The van der Waals surface area contributed by atoms with Gasteiger partial charge in [0.05, 0.1) is 6.04 Å². The van der Waals surface area contributed by atoms with E-state index >= 15 is 0 Å². The predicted molar refractivity (Wildman–Crippen MR) is 67.1 cm³/mol. The van der Waals surface area contributed by atoms with E-state index in [0.29, 0.717) is 39.0 Å². The van der Waals surface area contributed by atoms with Gasteiger partial charge in [-0.2, -0.15) is 17.0 Å². The Bertz CT molecular complexity index is 417. The summed E-state index contributed by atoms with van der Waals surface area (Å²) in [6.45, 7) is 2.17. The molecule has 0 bridgehead atoms. The predicted octanol–water partition coefficient (Wildman–Crippen LogP) is 0.517. The molecule has 2 heterocycles. The lowest BCUT2D eigenvalue weighted by Crippen LogP contribution is -2.49. The highest BCUT2D eigenvalue weighted by Crippen LogP contribution is 2.21. The molecule has 0 aromatic rings. The second-order valence-electron chi connectivity index (χ2n) is 4.82. The molecule has 2 fully saturated rings. The van der Waals surface area contributed by atoms with E-state index in [2.05, 4.69) is 4.99 Å². The fourth-order valence-corrected chi connectivity index (χ4v) is 4.25. The van der Waals surface area contributed by atoms with E-state index in [0.717, 1.165) is 19.3 Å². The number of isocyanates is 1. The molecule has 0 amide bonds. The molecule has 2 aliphatic rings. The lowest BCUT2D eigenvalue weighted by molar-refractivity contribution is 0.271. The van der Waals surface area contributed by atoms with Crippen LogP contribution in [0.4, 0.5) is 0 Å². The Morgan fingerprint density at radius 3 is 2.06 bits per heavy atom. The zero-order valence-electron chi connectivity index (χ0n) is 10.4. The highest BCUT2D eigenvalue weighted by molar-refractivity contribution is 7.86. The minimum Gasteiger partial charge on any atom is -0.211 e. The van der Waals surface area contributed by atoms with Crippen LogP contribution in [0.25, 0.3) is 0 Å². The van der Waals surface area contributed by atoms with Gasteiger partial charge < -0.3 is 0 Å². The van der Waals surface area contributed by atoms with Gasteiger partial charge in [-0.15, -0.1) is 0 Å². The fraction of sp³-hybridized carbons (Fsp3) is 0.909. The van der Waals surface area contributed by atoms with Gasteiger partial charge >= 0.3 is 0 Å². The molecule has 0 atom stereocenters. The molecule has 0 N–H and O–H groups in total. The minimum absolute atomic E-state index is 0.0599. The van der Waals surface area contributed by atoms with Gasteiger partial charge in [0.25, 0.3) is 10.2 Å². The van der Waals surface area contributed by atoms with Crippen LogP contribution in [0.3, 0.4) is 0 Å². The summed E-state index contributed by atoms with van der Waals surface area (Å²) < 4.78 is 27.8. The second-order valence-corrected chi connectivity index (χ2v) is 6.75. The summed E-state index contributed by atoms with van der Waals surface area (Å²) in [7, 11) is -3.30. The van der Waals surface area contributed by atoms with Crippen LogP contribution >= 0.6 is 0 Å². The summed E-state index contributed by atoms with van der Waals surface area (Å²) in [5, 5.41) is 0. The standard InChI is InChI=1S/C11H19N3O3S/c15-10-12-11-4-8-14(9-5-11)18(16,17)13-6-2-1-3-7-13/h11H,1-9H2. The van der Waals surface area contributed by atoms with Crippen molar-refractivity contribution in [1.29, 1.82) is 0 Å². The van der Waals surface area contributed by atoms with Crippen molar-refractivity contribution in [1.82, 2.24) is 8.61 Å². The Kier molecular flexibility index (Phi) is 4.50. The molecule has 0 aliphatic carbocycles. The number of rotatable bonds is 3. The molecule has 0 unspecified atom stereocenters. The third kappa shape index (κ3) is 2.98. The van der Waals surface area contributed by atoms with E-state index in [1.54, 1.807) is 10.4 Å². The van der Waals surface area contributed by atoms with Crippen LogP contribution in [0, 0.1) is 0 Å². The van der Waals surface area contributed by atoms with E-state index in [4.69, 9.17) is 0 Å². The zero-order valence-corrected chi connectivity index (χ0v) is 11.2. The quantitative estimate of drug-likeness (QED) is 0.556. The summed E-state index contributed by atoms with van der Waals surface area (Å²) in [4.78, 5) is 13.8. The maximum Gasteiger partial charge on any atom is 0.281 e. The molecule has 0 saturated carbocycles. The molecular weight excluding hydrogens is 254 g/mol. The topological polar surface area (TPSA) is 70.0 Å². The van der Waals surface area contributed by atoms with Crippen molar-refractivity contribution in [3.8, 4) is 0 Å². The average Bonchev–Trinajstić information content (AvgIpc) is 2.41. The van der Waals surface area contributed by atoms with Gasteiger partial charge in [0, 0.05) is 26.2 Å². The van der Waals surface area contributed by atoms with Crippen molar-refractivity contribution >= 4 is 16.3 Å². The molecule has 0 radical (unpaired) electrons. The van der Waals surface area contributed by atoms with Gasteiger partial charge in [-0.3, -0.25) is 0 Å². The van der Waals surface area contributed by atoms with Crippen molar-refractivity contribution in [3.63, 3.8) is 0 Å².